The van der Waals surface area contributed by atoms with Crippen molar-refractivity contribution < 1.29 is 5.11 Å². The number of para-hydroxylation sites is 1. The van der Waals surface area contributed by atoms with Crippen molar-refractivity contribution in [3.63, 3.8) is 0 Å². The van der Waals surface area contributed by atoms with E-state index < -0.39 is 0 Å². The van der Waals surface area contributed by atoms with Gasteiger partial charge in [-0.2, -0.15) is 0 Å². The van der Waals surface area contributed by atoms with Gasteiger partial charge in [0.15, 0.2) is 0 Å². The summed E-state index contributed by atoms with van der Waals surface area (Å²) in [6, 6.07) is 12.5. The van der Waals surface area contributed by atoms with Gasteiger partial charge in [-0.1, -0.05) is 51.9 Å². The summed E-state index contributed by atoms with van der Waals surface area (Å²) >= 11 is 0. The predicted molar refractivity (Wildman–Crippen MR) is 93.6 cm³/mol. The zero-order valence-corrected chi connectivity index (χ0v) is 14.3. The molecule has 2 aromatic carbocycles. The van der Waals surface area contributed by atoms with Crippen molar-refractivity contribution in [2.45, 2.75) is 27.3 Å². The fraction of sp³-hybridized carbons (Fsp3) is 0.333. The van der Waals surface area contributed by atoms with Gasteiger partial charge in [-0.3, -0.25) is 0 Å². The van der Waals surface area contributed by atoms with Crippen LogP contribution in [0.2, 0.25) is 0 Å². The first kappa shape index (κ1) is 16.0. The molecule has 1 N–H and O–H groups in total. The average Bonchev–Trinajstić information content (AvgIpc) is 2.47. The van der Waals surface area contributed by atoms with Gasteiger partial charge in [0, 0.05) is 11.8 Å². The van der Waals surface area contributed by atoms with Crippen LogP contribution in [0.3, 0.4) is 0 Å². The van der Waals surface area contributed by atoms with Crippen LogP contribution in [0.25, 0.3) is 0 Å². The SMILES string of the molecule is CCN(C)Cc1cccc(C)c1Pc1cccc(C)c1O. The first-order valence-electron chi connectivity index (χ1n) is 7.35. The van der Waals surface area contributed by atoms with Crippen molar-refractivity contribution in [2.75, 3.05) is 13.6 Å². The second kappa shape index (κ2) is 7.06. The molecule has 0 aliphatic carbocycles. The zero-order valence-electron chi connectivity index (χ0n) is 13.3. The van der Waals surface area contributed by atoms with Crippen LogP contribution in [-0.2, 0) is 6.54 Å². The first-order valence-corrected chi connectivity index (χ1v) is 8.35. The second-order valence-electron chi connectivity index (χ2n) is 5.54. The standard InChI is InChI=1S/C18H24NOP/c1-5-19(4)12-15-10-6-9-14(3)18(15)21-16-11-7-8-13(2)17(16)20/h6-11,20-21H,5,12H2,1-4H3. The van der Waals surface area contributed by atoms with Crippen molar-refractivity contribution in [3.05, 3.63) is 53.1 Å². The number of nitrogens with zero attached hydrogens (tertiary/aromatic N) is 1. The molecule has 2 rings (SSSR count). The molecule has 0 amide bonds. The summed E-state index contributed by atoms with van der Waals surface area (Å²) in [6.45, 7) is 8.26. The Balaban J connectivity index is 2.36. The maximum Gasteiger partial charge on any atom is 0.126 e. The Bertz CT molecular complexity index is 625. The maximum atomic E-state index is 10.3. The van der Waals surface area contributed by atoms with E-state index in [1.165, 1.54) is 16.4 Å². The van der Waals surface area contributed by atoms with Gasteiger partial charge < -0.3 is 10.0 Å². The zero-order chi connectivity index (χ0) is 15.4. The van der Waals surface area contributed by atoms with Gasteiger partial charge in [0.05, 0.1) is 0 Å². The lowest BCUT2D eigenvalue weighted by atomic mass is 10.1. The lowest BCUT2D eigenvalue weighted by Crippen LogP contribution is -2.22. The maximum absolute atomic E-state index is 10.3. The van der Waals surface area contributed by atoms with E-state index in [0.717, 1.165) is 24.0 Å². The third kappa shape index (κ3) is 3.84. The van der Waals surface area contributed by atoms with Gasteiger partial charge in [-0.25, -0.2) is 0 Å². The molecule has 2 nitrogen and oxygen atoms in total. The molecule has 0 heterocycles. The molecule has 3 heteroatoms. The molecule has 0 bridgehead atoms. The van der Waals surface area contributed by atoms with Crippen LogP contribution in [0.4, 0.5) is 0 Å². The highest BCUT2D eigenvalue weighted by molar-refractivity contribution is 7.56. The van der Waals surface area contributed by atoms with Gasteiger partial charge in [0.25, 0.3) is 0 Å². The van der Waals surface area contributed by atoms with Crippen molar-refractivity contribution >= 4 is 19.2 Å². The van der Waals surface area contributed by atoms with Gasteiger partial charge in [0.2, 0.25) is 0 Å². The van der Waals surface area contributed by atoms with Crippen LogP contribution < -0.4 is 10.6 Å². The van der Waals surface area contributed by atoms with Crippen LogP contribution >= 0.6 is 8.58 Å². The van der Waals surface area contributed by atoms with Gasteiger partial charge in [-0.05, 0) is 49.4 Å². The summed E-state index contributed by atoms with van der Waals surface area (Å²) in [5.74, 6) is 0.439. The summed E-state index contributed by atoms with van der Waals surface area (Å²) in [4.78, 5) is 2.30. The summed E-state index contributed by atoms with van der Waals surface area (Å²) in [6.07, 6.45) is 0. The third-order valence-corrected chi connectivity index (χ3v) is 5.47. The van der Waals surface area contributed by atoms with E-state index in [1.807, 2.05) is 25.1 Å². The Morgan fingerprint density at radius 1 is 1.05 bits per heavy atom. The number of aryl methyl sites for hydroxylation is 2. The predicted octanol–water partition coefficient (Wildman–Crippen LogP) is 3.09. The molecule has 0 saturated heterocycles. The number of aromatic hydroxyl groups is 1. The molecule has 2 aromatic rings. The summed E-state index contributed by atoms with van der Waals surface area (Å²) in [5.41, 5.74) is 3.61. The van der Waals surface area contributed by atoms with E-state index >= 15 is 0 Å². The molecule has 0 radical (unpaired) electrons. The number of phenols is 1. The minimum Gasteiger partial charge on any atom is -0.507 e. The molecule has 0 saturated carbocycles. The molecule has 0 aliphatic rings. The van der Waals surface area contributed by atoms with Crippen LogP contribution in [0.5, 0.6) is 5.75 Å². The summed E-state index contributed by atoms with van der Waals surface area (Å²) in [5, 5.41) is 12.7. The smallest absolute Gasteiger partial charge is 0.126 e. The summed E-state index contributed by atoms with van der Waals surface area (Å²) in [7, 11) is 2.63. The second-order valence-corrected chi connectivity index (χ2v) is 6.82. The molecular formula is C18H24NOP. The topological polar surface area (TPSA) is 23.5 Å². The Hall–Kier alpha value is -1.37. The molecule has 112 valence electrons. The summed E-state index contributed by atoms with van der Waals surface area (Å²) < 4.78 is 0. The quantitative estimate of drug-likeness (QED) is 0.858. The third-order valence-electron chi connectivity index (χ3n) is 3.84. The number of rotatable bonds is 5. The minimum atomic E-state index is 0.439. The highest BCUT2D eigenvalue weighted by Crippen LogP contribution is 2.24. The van der Waals surface area contributed by atoms with E-state index in [1.54, 1.807) is 0 Å². The van der Waals surface area contributed by atoms with Crippen molar-refractivity contribution in [2.24, 2.45) is 0 Å². The Labute approximate surface area is 129 Å². The Morgan fingerprint density at radius 2 is 1.71 bits per heavy atom. The average molecular weight is 301 g/mol. The lowest BCUT2D eigenvalue weighted by Gasteiger charge is -2.19. The van der Waals surface area contributed by atoms with E-state index in [2.05, 4.69) is 44.0 Å². The van der Waals surface area contributed by atoms with E-state index in [4.69, 9.17) is 0 Å². The van der Waals surface area contributed by atoms with E-state index in [-0.39, 0.29) is 0 Å². The normalized spacial score (nSPS) is 11.7. The van der Waals surface area contributed by atoms with Crippen molar-refractivity contribution in [1.82, 2.24) is 4.90 Å². The highest BCUT2D eigenvalue weighted by atomic mass is 31.1. The molecule has 0 spiro atoms. The Morgan fingerprint density at radius 3 is 2.43 bits per heavy atom. The van der Waals surface area contributed by atoms with E-state index in [0.29, 0.717) is 14.3 Å². The molecular weight excluding hydrogens is 277 g/mol. The molecule has 0 aliphatic heterocycles. The largest absolute Gasteiger partial charge is 0.507 e. The minimum absolute atomic E-state index is 0.439. The molecule has 1 unspecified atom stereocenters. The van der Waals surface area contributed by atoms with E-state index in [9.17, 15) is 5.11 Å². The highest BCUT2D eigenvalue weighted by Gasteiger charge is 2.11. The monoisotopic (exact) mass is 301 g/mol. The number of benzene rings is 2. The molecule has 0 aromatic heterocycles. The van der Waals surface area contributed by atoms with Crippen molar-refractivity contribution in [3.8, 4) is 5.75 Å². The fourth-order valence-electron chi connectivity index (χ4n) is 2.34. The number of phenolic OH excluding ortho intramolecular Hbond substituents is 1. The molecule has 1 atom stereocenters. The molecule has 0 fully saturated rings. The Kier molecular flexibility index (Phi) is 5.39. The van der Waals surface area contributed by atoms with Gasteiger partial charge in [-0.15, -0.1) is 0 Å². The van der Waals surface area contributed by atoms with Crippen LogP contribution in [-0.4, -0.2) is 23.6 Å². The number of hydrogen-bond donors (Lipinski definition) is 1. The van der Waals surface area contributed by atoms with Crippen LogP contribution in [0.1, 0.15) is 23.6 Å². The molecule has 21 heavy (non-hydrogen) atoms. The number of hydrogen-bond acceptors (Lipinski definition) is 2. The van der Waals surface area contributed by atoms with Crippen molar-refractivity contribution in [1.29, 1.82) is 0 Å². The fourth-order valence-corrected chi connectivity index (χ4v) is 3.70. The first-order chi connectivity index (χ1) is 10.0. The van der Waals surface area contributed by atoms with Gasteiger partial charge >= 0.3 is 0 Å². The van der Waals surface area contributed by atoms with Gasteiger partial charge in [0.1, 0.15) is 5.75 Å². The van der Waals surface area contributed by atoms with Crippen LogP contribution in [0, 0.1) is 13.8 Å². The van der Waals surface area contributed by atoms with Crippen LogP contribution in [0.15, 0.2) is 36.4 Å². The lowest BCUT2D eigenvalue weighted by molar-refractivity contribution is 0.346.